The van der Waals surface area contributed by atoms with Crippen LogP contribution in [0.15, 0.2) is 36.4 Å². The summed E-state index contributed by atoms with van der Waals surface area (Å²) in [4.78, 5) is 10.6. The quantitative estimate of drug-likeness (QED) is 0.768. The summed E-state index contributed by atoms with van der Waals surface area (Å²) in [6.45, 7) is 0. The summed E-state index contributed by atoms with van der Waals surface area (Å²) < 4.78 is 0. The van der Waals surface area contributed by atoms with E-state index in [1.807, 2.05) is 24.3 Å². The SMILES string of the molecule is N[C@@H](CCc1ccc2cc(O)ccc2c1)C(=O)O. The number of carboxylic acid groups (broad SMARTS) is 1. The maximum Gasteiger partial charge on any atom is 0.320 e. The normalized spacial score (nSPS) is 12.5. The van der Waals surface area contributed by atoms with Crippen LogP contribution in [0.3, 0.4) is 0 Å². The molecule has 2 rings (SSSR count). The maximum absolute atomic E-state index is 10.6. The highest BCUT2D eigenvalue weighted by Gasteiger charge is 2.10. The van der Waals surface area contributed by atoms with Gasteiger partial charge >= 0.3 is 5.97 Å². The lowest BCUT2D eigenvalue weighted by Crippen LogP contribution is -2.30. The number of aliphatic carboxylic acids is 1. The van der Waals surface area contributed by atoms with Crippen molar-refractivity contribution in [3.8, 4) is 5.75 Å². The van der Waals surface area contributed by atoms with Crippen molar-refractivity contribution in [1.82, 2.24) is 0 Å². The molecule has 0 unspecified atom stereocenters. The van der Waals surface area contributed by atoms with Crippen LogP contribution in [0.5, 0.6) is 5.75 Å². The Morgan fingerprint density at radius 3 is 2.56 bits per heavy atom. The van der Waals surface area contributed by atoms with Crippen LogP contribution in [-0.4, -0.2) is 22.2 Å². The van der Waals surface area contributed by atoms with E-state index in [1.54, 1.807) is 12.1 Å². The lowest BCUT2D eigenvalue weighted by molar-refractivity contribution is -0.138. The number of carboxylic acids is 1. The van der Waals surface area contributed by atoms with Crippen molar-refractivity contribution in [2.75, 3.05) is 0 Å². The Morgan fingerprint density at radius 1 is 1.17 bits per heavy atom. The van der Waals surface area contributed by atoms with Gasteiger partial charge in [-0.1, -0.05) is 24.3 Å². The van der Waals surface area contributed by atoms with Crippen LogP contribution in [0.25, 0.3) is 10.8 Å². The van der Waals surface area contributed by atoms with E-state index in [9.17, 15) is 9.90 Å². The summed E-state index contributed by atoms with van der Waals surface area (Å²) in [5, 5.41) is 20.0. The summed E-state index contributed by atoms with van der Waals surface area (Å²) >= 11 is 0. The standard InChI is InChI=1S/C14H15NO3/c15-13(14(17)18)6-2-9-1-3-11-8-12(16)5-4-10(11)7-9/h1,3-5,7-8,13,16H,2,6,15H2,(H,17,18)/t13-/m0/s1. The molecule has 0 aliphatic rings. The lowest BCUT2D eigenvalue weighted by atomic mass is 10.0. The molecule has 0 spiro atoms. The first-order valence-electron chi connectivity index (χ1n) is 5.76. The van der Waals surface area contributed by atoms with Gasteiger partial charge in [-0.05, 0) is 41.3 Å². The van der Waals surface area contributed by atoms with Crippen molar-refractivity contribution in [1.29, 1.82) is 0 Å². The molecule has 4 N–H and O–H groups in total. The minimum absolute atomic E-state index is 0.239. The molecule has 0 bridgehead atoms. The topological polar surface area (TPSA) is 83.5 Å². The molecule has 2 aromatic carbocycles. The molecule has 0 aromatic heterocycles. The highest BCUT2D eigenvalue weighted by molar-refractivity contribution is 5.84. The fourth-order valence-corrected chi connectivity index (χ4v) is 1.88. The van der Waals surface area contributed by atoms with Crippen molar-refractivity contribution in [2.24, 2.45) is 5.73 Å². The molecular formula is C14H15NO3. The second kappa shape index (κ2) is 5.06. The van der Waals surface area contributed by atoms with E-state index in [0.717, 1.165) is 16.3 Å². The van der Waals surface area contributed by atoms with E-state index in [4.69, 9.17) is 10.8 Å². The Hall–Kier alpha value is -2.07. The zero-order valence-electron chi connectivity index (χ0n) is 9.84. The first kappa shape index (κ1) is 12.4. The monoisotopic (exact) mass is 245 g/mol. The van der Waals surface area contributed by atoms with E-state index >= 15 is 0 Å². The molecule has 4 heteroatoms. The Labute approximate surface area is 105 Å². The third kappa shape index (κ3) is 2.78. The van der Waals surface area contributed by atoms with Crippen LogP contribution >= 0.6 is 0 Å². The van der Waals surface area contributed by atoms with Crippen molar-refractivity contribution in [2.45, 2.75) is 18.9 Å². The summed E-state index contributed by atoms with van der Waals surface area (Å²) in [6, 6.07) is 10.2. The van der Waals surface area contributed by atoms with Crippen molar-refractivity contribution < 1.29 is 15.0 Å². The lowest BCUT2D eigenvalue weighted by Gasteiger charge is -2.07. The Kier molecular flexibility index (Phi) is 3.48. The number of rotatable bonds is 4. The predicted molar refractivity (Wildman–Crippen MR) is 69.5 cm³/mol. The molecule has 0 saturated carbocycles. The average Bonchev–Trinajstić information content (AvgIpc) is 2.35. The van der Waals surface area contributed by atoms with Crippen LogP contribution in [0, 0.1) is 0 Å². The number of phenolic OH excluding ortho intramolecular Hbond substituents is 1. The summed E-state index contributed by atoms with van der Waals surface area (Å²) in [5.41, 5.74) is 6.51. The zero-order valence-corrected chi connectivity index (χ0v) is 9.84. The van der Waals surface area contributed by atoms with Gasteiger partial charge in [0.25, 0.3) is 0 Å². The molecule has 4 nitrogen and oxygen atoms in total. The van der Waals surface area contributed by atoms with E-state index < -0.39 is 12.0 Å². The molecule has 0 saturated heterocycles. The third-order valence-electron chi connectivity index (χ3n) is 2.95. The van der Waals surface area contributed by atoms with Crippen LogP contribution in [0.4, 0.5) is 0 Å². The van der Waals surface area contributed by atoms with Crippen LogP contribution in [0.2, 0.25) is 0 Å². The van der Waals surface area contributed by atoms with Gasteiger partial charge in [-0.2, -0.15) is 0 Å². The first-order valence-corrected chi connectivity index (χ1v) is 5.76. The van der Waals surface area contributed by atoms with Gasteiger partial charge in [0.1, 0.15) is 11.8 Å². The summed E-state index contributed by atoms with van der Waals surface area (Å²) in [7, 11) is 0. The van der Waals surface area contributed by atoms with Gasteiger partial charge in [0.15, 0.2) is 0 Å². The number of nitrogens with two attached hydrogens (primary N) is 1. The smallest absolute Gasteiger partial charge is 0.320 e. The molecular weight excluding hydrogens is 230 g/mol. The largest absolute Gasteiger partial charge is 0.508 e. The molecule has 0 fully saturated rings. The number of carbonyl (C=O) groups is 1. The van der Waals surface area contributed by atoms with Crippen molar-refractivity contribution >= 4 is 16.7 Å². The van der Waals surface area contributed by atoms with Gasteiger partial charge in [-0.3, -0.25) is 4.79 Å². The van der Waals surface area contributed by atoms with E-state index in [2.05, 4.69) is 0 Å². The van der Waals surface area contributed by atoms with Crippen LogP contribution in [0.1, 0.15) is 12.0 Å². The molecule has 0 heterocycles. The Bertz CT molecular complexity index is 580. The van der Waals surface area contributed by atoms with E-state index in [1.165, 1.54) is 0 Å². The fraction of sp³-hybridized carbons (Fsp3) is 0.214. The minimum atomic E-state index is -0.972. The number of hydrogen-bond donors (Lipinski definition) is 3. The number of aromatic hydroxyl groups is 1. The maximum atomic E-state index is 10.6. The van der Waals surface area contributed by atoms with Crippen LogP contribution < -0.4 is 5.73 Å². The van der Waals surface area contributed by atoms with E-state index in [0.29, 0.717) is 12.8 Å². The number of aryl methyl sites for hydroxylation is 1. The molecule has 94 valence electrons. The molecule has 18 heavy (non-hydrogen) atoms. The molecule has 0 aliphatic carbocycles. The predicted octanol–water partition coefficient (Wildman–Crippen LogP) is 1.89. The van der Waals surface area contributed by atoms with Gasteiger partial charge in [0, 0.05) is 0 Å². The van der Waals surface area contributed by atoms with E-state index in [-0.39, 0.29) is 5.75 Å². The molecule has 0 amide bonds. The summed E-state index contributed by atoms with van der Waals surface area (Å²) in [6.07, 6.45) is 1.04. The second-order valence-electron chi connectivity index (χ2n) is 4.35. The first-order chi connectivity index (χ1) is 8.56. The van der Waals surface area contributed by atoms with Gasteiger partial charge in [-0.15, -0.1) is 0 Å². The Balaban J connectivity index is 2.15. The molecule has 2 aromatic rings. The number of phenols is 1. The van der Waals surface area contributed by atoms with Gasteiger partial charge < -0.3 is 15.9 Å². The number of hydrogen-bond acceptors (Lipinski definition) is 3. The Morgan fingerprint density at radius 2 is 1.83 bits per heavy atom. The zero-order chi connectivity index (χ0) is 13.1. The average molecular weight is 245 g/mol. The number of benzene rings is 2. The highest BCUT2D eigenvalue weighted by Crippen LogP contribution is 2.21. The highest BCUT2D eigenvalue weighted by atomic mass is 16.4. The van der Waals surface area contributed by atoms with Gasteiger partial charge in [-0.25, -0.2) is 0 Å². The number of fused-ring (bicyclic) bond motifs is 1. The van der Waals surface area contributed by atoms with Crippen LogP contribution in [-0.2, 0) is 11.2 Å². The second-order valence-corrected chi connectivity index (χ2v) is 4.35. The molecule has 0 radical (unpaired) electrons. The molecule has 1 atom stereocenters. The van der Waals surface area contributed by atoms with Gasteiger partial charge in [0.05, 0.1) is 0 Å². The summed E-state index contributed by atoms with van der Waals surface area (Å²) in [5.74, 6) is -0.733. The van der Waals surface area contributed by atoms with Gasteiger partial charge in [0.2, 0.25) is 0 Å². The minimum Gasteiger partial charge on any atom is -0.508 e. The van der Waals surface area contributed by atoms with Crippen molar-refractivity contribution in [3.05, 3.63) is 42.0 Å². The third-order valence-corrected chi connectivity index (χ3v) is 2.95. The fourth-order valence-electron chi connectivity index (χ4n) is 1.88. The molecule has 0 aliphatic heterocycles. The van der Waals surface area contributed by atoms with Crippen molar-refractivity contribution in [3.63, 3.8) is 0 Å².